The fourth-order valence-electron chi connectivity index (χ4n) is 4.37. The average Bonchev–Trinajstić information content (AvgIpc) is 3.50. The number of nitrogens with one attached hydrogen (secondary N) is 1. The van der Waals surface area contributed by atoms with Crippen molar-refractivity contribution in [1.29, 1.82) is 0 Å². The molecule has 0 radical (unpaired) electrons. The molecule has 1 N–H and O–H groups in total. The second-order valence-corrected chi connectivity index (χ2v) is 8.53. The predicted molar refractivity (Wildman–Crippen MR) is 114 cm³/mol. The number of nitrogens with zero attached hydrogens (tertiary/aromatic N) is 6. The van der Waals surface area contributed by atoms with E-state index in [1.165, 1.54) is 0 Å². The molecule has 2 amide bonds. The van der Waals surface area contributed by atoms with Crippen molar-refractivity contribution in [3.63, 3.8) is 0 Å². The van der Waals surface area contributed by atoms with Gasteiger partial charge in [-0.15, -0.1) is 5.10 Å². The highest BCUT2D eigenvalue weighted by atomic mass is 16.5. The highest BCUT2D eigenvalue weighted by Gasteiger charge is 2.45. The summed E-state index contributed by atoms with van der Waals surface area (Å²) in [5.74, 6) is -0.196. The van der Waals surface area contributed by atoms with E-state index in [-0.39, 0.29) is 18.4 Å². The Morgan fingerprint density at radius 3 is 2.94 bits per heavy atom. The third-order valence-corrected chi connectivity index (χ3v) is 6.21. The maximum absolute atomic E-state index is 12.8. The molecule has 166 valence electrons. The van der Waals surface area contributed by atoms with Crippen molar-refractivity contribution in [2.24, 2.45) is 7.05 Å². The van der Waals surface area contributed by atoms with Crippen LogP contribution in [0.1, 0.15) is 44.2 Å². The maximum Gasteiger partial charge on any atom is 0.272 e. The van der Waals surface area contributed by atoms with Gasteiger partial charge in [0.15, 0.2) is 0 Å². The van der Waals surface area contributed by atoms with Crippen LogP contribution in [0.15, 0.2) is 36.8 Å². The average molecular weight is 435 g/mol. The molecule has 2 aromatic heterocycles. The number of carbonyl (C=O) groups excluding carboxylic acids is 2. The molecule has 2 aliphatic rings. The molecule has 3 aromatic rings. The van der Waals surface area contributed by atoms with Crippen LogP contribution in [-0.2, 0) is 31.5 Å². The maximum atomic E-state index is 12.8. The van der Waals surface area contributed by atoms with Crippen LogP contribution < -0.4 is 5.32 Å². The van der Waals surface area contributed by atoms with Crippen LogP contribution in [0.4, 0.5) is 0 Å². The molecule has 32 heavy (non-hydrogen) atoms. The first-order valence-electron chi connectivity index (χ1n) is 10.6. The van der Waals surface area contributed by atoms with Gasteiger partial charge in [0.1, 0.15) is 17.0 Å². The van der Waals surface area contributed by atoms with E-state index >= 15 is 0 Å². The lowest BCUT2D eigenvalue weighted by Crippen LogP contribution is -2.45. The predicted octanol–water partition coefficient (Wildman–Crippen LogP) is 1.07. The van der Waals surface area contributed by atoms with E-state index in [1.807, 2.05) is 41.8 Å². The minimum atomic E-state index is -0.475. The van der Waals surface area contributed by atoms with E-state index in [0.29, 0.717) is 43.2 Å². The van der Waals surface area contributed by atoms with Gasteiger partial charge in [-0.2, -0.15) is 0 Å². The Bertz CT molecular complexity index is 1180. The quantitative estimate of drug-likeness (QED) is 0.657. The monoisotopic (exact) mass is 435 g/mol. The molecule has 1 aromatic carbocycles. The summed E-state index contributed by atoms with van der Waals surface area (Å²) >= 11 is 0. The Labute approximate surface area is 185 Å². The smallest absolute Gasteiger partial charge is 0.272 e. The van der Waals surface area contributed by atoms with Crippen LogP contribution in [0.5, 0.6) is 0 Å². The molecule has 1 saturated heterocycles. The number of benzene rings is 1. The molecule has 5 rings (SSSR count). The van der Waals surface area contributed by atoms with Crippen LogP contribution in [0.2, 0.25) is 0 Å². The molecule has 1 atom stereocenters. The van der Waals surface area contributed by atoms with Crippen LogP contribution in [-0.4, -0.2) is 59.9 Å². The number of aromatic nitrogens is 5. The zero-order chi connectivity index (χ0) is 22.3. The van der Waals surface area contributed by atoms with Crippen LogP contribution >= 0.6 is 0 Å². The summed E-state index contributed by atoms with van der Waals surface area (Å²) in [6.45, 7) is 4.22. The molecule has 1 spiro atoms. The van der Waals surface area contributed by atoms with Crippen molar-refractivity contribution in [3.8, 4) is 0 Å². The topological polar surface area (TPSA) is 107 Å². The fourth-order valence-corrected chi connectivity index (χ4v) is 4.37. The second-order valence-electron chi connectivity index (χ2n) is 8.53. The summed E-state index contributed by atoms with van der Waals surface area (Å²) in [6.07, 6.45) is 3.94. The van der Waals surface area contributed by atoms with Gasteiger partial charge < -0.3 is 19.5 Å². The van der Waals surface area contributed by atoms with E-state index in [9.17, 15) is 9.59 Å². The SMILES string of the molecule is Cc1cccc(C(=O)NCc2nnn3c2COC2(CCN(C(=O)c4cncn4C)C2)C3)c1. The molecule has 2 aliphatic heterocycles. The van der Waals surface area contributed by atoms with Gasteiger partial charge in [-0.05, 0) is 25.5 Å². The van der Waals surface area contributed by atoms with Crippen molar-refractivity contribution in [3.05, 3.63) is 65.0 Å². The van der Waals surface area contributed by atoms with Gasteiger partial charge in [-0.1, -0.05) is 22.9 Å². The first-order valence-corrected chi connectivity index (χ1v) is 10.6. The first kappa shape index (κ1) is 20.4. The lowest BCUT2D eigenvalue weighted by atomic mass is 10.0. The molecule has 0 saturated carbocycles. The second kappa shape index (κ2) is 7.86. The fraction of sp³-hybridized carbons (Fsp3) is 0.409. The minimum Gasteiger partial charge on any atom is -0.365 e. The van der Waals surface area contributed by atoms with E-state index in [2.05, 4.69) is 20.6 Å². The molecule has 10 heteroatoms. The number of hydrogen-bond acceptors (Lipinski definition) is 6. The van der Waals surface area contributed by atoms with E-state index < -0.39 is 5.60 Å². The van der Waals surface area contributed by atoms with E-state index in [4.69, 9.17) is 4.74 Å². The van der Waals surface area contributed by atoms with Gasteiger partial charge >= 0.3 is 0 Å². The van der Waals surface area contributed by atoms with Gasteiger partial charge in [0.2, 0.25) is 0 Å². The molecule has 0 aliphatic carbocycles. The van der Waals surface area contributed by atoms with E-state index in [1.54, 1.807) is 23.2 Å². The lowest BCUT2D eigenvalue weighted by Gasteiger charge is -2.33. The van der Waals surface area contributed by atoms with Crippen molar-refractivity contribution in [2.45, 2.75) is 38.6 Å². The van der Waals surface area contributed by atoms with Crippen molar-refractivity contribution < 1.29 is 14.3 Å². The Morgan fingerprint density at radius 1 is 1.28 bits per heavy atom. The standard InChI is InChI=1S/C22H25N7O3/c1-15-4-3-5-16(8-15)20(30)24-9-17-19-11-32-22(13-29(19)26-25-17)6-7-28(12-22)21(31)18-10-23-14-27(18)2/h3-5,8,10,14H,6-7,9,11-13H2,1-2H3,(H,24,30). The summed E-state index contributed by atoms with van der Waals surface area (Å²) in [6, 6.07) is 7.45. The molecule has 0 bridgehead atoms. The van der Waals surface area contributed by atoms with Crippen LogP contribution in [0.3, 0.4) is 0 Å². The van der Waals surface area contributed by atoms with Crippen molar-refractivity contribution in [2.75, 3.05) is 13.1 Å². The van der Waals surface area contributed by atoms with E-state index in [0.717, 1.165) is 17.7 Å². The number of rotatable bonds is 4. The highest BCUT2D eigenvalue weighted by Crippen LogP contribution is 2.33. The number of hydrogen-bond donors (Lipinski definition) is 1. The summed E-state index contributed by atoms with van der Waals surface area (Å²) in [5.41, 5.74) is 3.29. The third kappa shape index (κ3) is 3.66. The Kier molecular flexibility index (Phi) is 5.01. The van der Waals surface area contributed by atoms with Gasteiger partial charge in [-0.3, -0.25) is 9.59 Å². The van der Waals surface area contributed by atoms with Crippen molar-refractivity contribution >= 4 is 11.8 Å². The van der Waals surface area contributed by atoms with Gasteiger partial charge in [-0.25, -0.2) is 9.67 Å². The zero-order valence-electron chi connectivity index (χ0n) is 18.1. The highest BCUT2D eigenvalue weighted by molar-refractivity contribution is 5.94. The van der Waals surface area contributed by atoms with Gasteiger partial charge in [0, 0.05) is 19.2 Å². The van der Waals surface area contributed by atoms with Crippen LogP contribution in [0, 0.1) is 6.92 Å². The van der Waals surface area contributed by atoms with Crippen LogP contribution in [0.25, 0.3) is 0 Å². The zero-order valence-corrected chi connectivity index (χ0v) is 18.1. The molecule has 1 fully saturated rings. The van der Waals surface area contributed by atoms with Gasteiger partial charge in [0.05, 0.1) is 44.5 Å². The normalized spacial score (nSPS) is 19.9. The molecular formula is C22H25N7O3. The summed E-state index contributed by atoms with van der Waals surface area (Å²) in [7, 11) is 1.81. The first-order chi connectivity index (χ1) is 15.4. The lowest BCUT2D eigenvalue weighted by molar-refractivity contribution is -0.0828. The molecular weight excluding hydrogens is 410 g/mol. The Hall–Kier alpha value is -3.53. The molecule has 1 unspecified atom stereocenters. The summed E-state index contributed by atoms with van der Waals surface area (Å²) in [4.78, 5) is 31.1. The minimum absolute atomic E-state index is 0.0468. The summed E-state index contributed by atoms with van der Waals surface area (Å²) < 4.78 is 9.82. The number of likely N-dealkylation sites (tertiary alicyclic amines) is 1. The number of carbonyl (C=O) groups is 2. The number of amides is 2. The Balaban J connectivity index is 1.24. The number of aryl methyl sites for hydroxylation is 2. The number of fused-ring (bicyclic) bond motifs is 1. The summed E-state index contributed by atoms with van der Waals surface area (Å²) in [5, 5.41) is 11.5. The molecule has 10 nitrogen and oxygen atoms in total. The molecule has 4 heterocycles. The van der Waals surface area contributed by atoms with Crippen molar-refractivity contribution in [1.82, 2.24) is 34.8 Å². The number of imidazole rings is 1. The Morgan fingerprint density at radius 2 is 2.16 bits per heavy atom. The number of ether oxygens (including phenoxy) is 1. The third-order valence-electron chi connectivity index (χ3n) is 6.21. The largest absolute Gasteiger partial charge is 0.365 e. The van der Waals surface area contributed by atoms with Gasteiger partial charge in [0.25, 0.3) is 11.8 Å².